The Labute approximate surface area is 156 Å². The van der Waals surface area contributed by atoms with E-state index in [0.717, 1.165) is 21.9 Å². The molecule has 3 aromatic rings. The fraction of sp³-hybridized carbons (Fsp3) is 0.100. The van der Waals surface area contributed by atoms with Gasteiger partial charge in [-0.2, -0.15) is 0 Å². The molecule has 2 N–H and O–H groups in total. The minimum atomic E-state index is -0.361. The van der Waals surface area contributed by atoms with Gasteiger partial charge in [0.1, 0.15) is 0 Å². The van der Waals surface area contributed by atoms with Crippen molar-refractivity contribution >= 4 is 23.1 Å². The first-order valence-electron chi connectivity index (χ1n) is 8.20. The zero-order chi connectivity index (χ0) is 18.2. The van der Waals surface area contributed by atoms with Gasteiger partial charge in [-0.05, 0) is 29.3 Å². The summed E-state index contributed by atoms with van der Waals surface area (Å²) in [4.78, 5) is 11.8. The van der Waals surface area contributed by atoms with Crippen LogP contribution in [0.4, 0.5) is 11.4 Å². The van der Waals surface area contributed by atoms with Crippen LogP contribution in [0.15, 0.2) is 83.8 Å². The van der Waals surface area contributed by atoms with E-state index in [-0.39, 0.29) is 10.6 Å². The average Bonchev–Trinajstić information content (AvgIpc) is 2.68. The fourth-order valence-corrected chi connectivity index (χ4v) is 3.45. The lowest BCUT2D eigenvalue weighted by molar-refractivity contribution is -0.385. The summed E-state index contributed by atoms with van der Waals surface area (Å²) >= 11 is 1.68. The molecule has 0 fully saturated rings. The van der Waals surface area contributed by atoms with Gasteiger partial charge in [-0.1, -0.05) is 48.5 Å². The predicted octanol–water partition coefficient (Wildman–Crippen LogP) is 5.00. The molecule has 0 radical (unpaired) electrons. The van der Waals surface area contributed by atoms with E-state index in [1.165, 1.54) is 5.56 Å². The largest absolute Gasteiger partial charge is 0.321 e. The summed E-state index contributed by atoms with van der Waals surface area (Å²) in [7, 11) is 0. The maximum atomic E-state index is 11.1. The first-order chi connectivity index (χ1) is 12.7. The number of nitro benzene ring substituents is 1. The number of anilines is 1. The molecule has 0 aliphatic heterocycles. The zero-order valence-corrected chi connectivity index (χ0v) is 14.9. The van der Waals surface area contributed by atoms with Crippen LogP contribution in [0, 0.1) is 10.1 Å². The smallest absolute Gasteiger partial charge is 0.269 e. The number of thioether (sulfide) groups is 1. The number of hydrogen-bond acceptors (Lipinski definition) is 5. The highest BCUT2D eigenvalue weighted by Crippen LogP contribution is 2.29. The Morgan fingerprint density at radius 2 is 1.62 bits per heavy atom. The van der Waals surface area contributed by atoms with Crippen LogP contribution in [0.5, 0.6) is 0 Å². The van der Waals surface area contributed by atoms with Gasteiger partial charge in [0.15, 0.2) is 0 Å². The molecule has 6 heteroatoms. The van der Waals surface area contributed by atoms with E-state index in [9.17, 15) is 10.1 Å². The Kier molecular flexibility index (Phi) is 6.24. The van der Waals surface area contributed by atoms with Gasteiger partial charge in [-0.25, -0.2) is 5.43 Å². The molecule has 132 valence electrons. The summed E-state index contributed by atoms with van der Waals surface area (Å²) in [5, 5.41) is 11.1. The third-order valence-corrected chi connectivity index (χ3v) is 4.96. The Hall–Kier alpha value is -2.83. The number of non-ortho nitro benzene ring substituents is 1. The summed E-state index contributed by atoms with van der Waals surface area (Å²) in [6, 6.07) is 24.9. The van der Waals surface area contributed by atoms with Crippen LogP contribution < -0.4 is 10.9 Å². The topological polar surface area (TPSA) is 67.2 Å². The fourth-order valence-electron chi connectivity index (χ4n) is 2.46. The predicted molar refractivity (Wildman–Crippen MR) is 106 cm³/mol. The van der Waals surface area contributed by atoms with Crippen molar-refractivity contribution in [2.24, 2.45) is 0 Å². The molecule has 3 aromatic carbocycles. The Morgan fingerprint density at radius 1 is 0.923 bits per heavy atom. The lowest BCUT2D eigenvalue weighted by Crippen LogP contribution is -2.21. The normalized spacial score (nSPS) is 10.5. The number of hydrazine groups is 1. The maximum absolute atomic E-state index is 11.1. The van der Waals surface area contributed by atoms with Crippen LogP contribution in [0.25, 0.3) is 0 Å². The SMILES string of the molecule is O=[N+]([O-])c1ccc(SCc2ccccc2)c(CNNc2ccccc2)c1. The zero-order valence-electron chi connectivity index (χ0n) is 14.1. The molecule has 0 spiro atoms. The van der Waals surface area contributed by atoms with Gasteiger partial charge in [-0.3, -0.25) is 10.1 Å². The lowest BCUT2D eigenvalue weighted by Gasteiger charge is -2.12. The summed E-state index contributed by atoms with van der Waals surface area (Å²) in [5.74, 6) is 0.817. The average molecular weight is 365 g/mol. The van der Waals surface area contributed by atoms with Crippen LogP contribution in [0.1, 0.15) is 11.1 Å². The van der Waals surface area contributed by atoms with Gasteiger partial charge >= 0.3 is 0 Å². The van der Waals surface area contributed by atoms with E-state index >= 15 is 0 Å². The van der Waals surface area contributed by atoms with E-state index in [2.05, 4.69) is 23.0 Å². The summed E-state index contributed by atoms with van der Waals surface area (Å²) in [5.41, 5.74) is 9.41. The van der Waals surface area contributed by atoms with Crippen molar-refractivity contribution in [2.45, 2.75) is 17.2 Å². The van der Waals surface area contributed by atoms with Crippen LogP contribution in [0.2, 0.25) is 0 Å². The van der Waals surface area contributed by atoms with Crippen molar-refractivity contribution < 1.29 is 4.92 Å². The molecular formula is C20H19N3O2S. The quantitative estimate of drug-likeness (QED) is 0.334. The molecule has 0 aromatic heterocycles. The first-order valence-corrected chi connectivity index (χ1v) is 9.19. The summed E-state index contributed by atoms with van der Waals surface area (Å²) in [6.07, 6.45) is 0. The van der Waals surface area contributed by atoms with Crippen molar-refractivity contribution in [2.75, 3.05) is 5.43 Å². The number of rotatable bonds is 8. The van der Waals surface area contributed by atoms with Crippen molar-refractivity contribution in [1.82, 2.24) is 5.43 Å². The van der Waals surface area contributed by atoms with Gasteiger partial charge < -0.3 is 5.43 Å². The second-order valence-electron chi connectivity index (χ2n) is 5.67. The molecule has 0 saturated heterocycles. The van der Waals surface area contributed by atoms with E-state index in [4.69, 9.17) is 0 Å². The van der Waals surface area contributed by atoms with Crippen molar-refractivity contribution in [3.05, 3.63) is 100 Å². The number of nitro groups is 1. The molecule has 0 aliphatic rings. The molecule has 0 heterocycles. The second kappa shape index (κ2) is 9.03. The third-order valence-electron chi connectivity index (χ3n) is 3.78. The molecule has 0 bridgehead atoms. The van der Waals surface area contributed by atoms with Gasteiger partial charge in [0.05, 0.1) is 4.92 Å². The van der Waals surface area contributed by atoms with E-state index in [1.54, 1.807) is 23.9 Å². The Bertz CT molecular complexity index is 857. The summed E-state index contributed by atoms with van der Waals surface area (Å²) in [6.45, 7) is 0.480. The van der Waals surface area contributed by atoms with Crippen molar-refractivity contribution in [1.29, 1.82) is 0 Å². The minimum Gasteiger partial charge on any atom is -0.321 e. The van der Waals surface area contributed by atoms with Crippen LogP contribution in [-0.4, -0.2) is 4.92 Å². The number of hydrogen-bond donors (Lipinski definition) is 2. The molecule has 0 saturated carbocycles. The number of benzene rings is 3. The highest BCUT2D eigenvalue weighted by molar-refractivity contribution is 7.98. The highest BCUT2D eigenvalue weighted by Gasteiger charge is 2.11. The molecule has 3 rings (SSSR count). The van der Waals surface area contributed by atoms with Gasteiger partial charge in [0.25, 0.3) is 5.69 Å². The van der Waals surface area contributed by atoms with Crippen LogP contribution in [0.3, 0.4) is 0 Å². The minimum absolute atomic E-state index is 0.102. The van der Waals surface area contributed by atoms with Gasteiger partial charge in [0, 0.05) is 35.0 Å². The summed E-state index contributed by atoms with van der Waals surface area (Å²) < 4.78 is 0. The highest BCUT2D eigenvalue weighted by atomic mass is 32.2. The standard InChI is InChI=1S/C20H19N3O2S/c24-23(25)19-11-12-20(26-15-16-7-3-1-4-8-16)17(13-19)14-21-22-18-9-5-2-6-10-18/h1-13,21-22H,14-15H2. The van der Waals surface area contributed by atoms with Gasteiger partial charge in [-0.15, -0.1) is 11.8 Å². The molecule has 26 heavy (non-hydrogen) atoms. The molecular weight excluding hydrogens is 346 g/mol. The Balaban J connectivity index is 1.70. The van der Waals surface area contributed by atoms with E-state index in [0.29, 0.717) is 6.54 Å². The van der Waals surface area contributed by atoms with Gasteiger partial charge in [0.2, 0.25) is 0 Å². The maximum Gasteiger partial charge on any atom is 0.269 e. The molecule has 5 nitrogen and oxygen atoms in total. The molecule has 0 aliphatic carbocycles. The number of nitrogens with zero attached hydrogens (tertiary/aromatic N) is 1. The monoisotopic (exact) mass is 365 g/mol. The number of para-hydroxylation sites is 1. The lowest BCUT2D eigenvalue weighted by atomic mass is 10.2. The molecule has 0 atom stereocenters. The van der Waals surface area contributed by atoms with E-state index in [1.807, 2.05) is 54.6 Å². The van der Waals surface area contributed by atoms with Crippen LogP contribution >= 0.6 is 11.8 Å². The van der Waals surface area contributed by atoms with Crippen molar-refractivity contribution in [3.8, 4) is 0 Å². The van der Waals surface area contributed by atoms with Crippen LogP contribution in [-0.2, 0) is 12.3 Å². The van der Waals surface area contributed by atoms with E-state index < -0.39 is 0 Å². The molecule has 0 unspecified atom stereocenters. The third kappa shape index (κ3) is 5.08. The second-order valence-corrected chi connectivity index (χ2v) is 6.69. The molecule has 0 amide bonds. The number of nitrogens with one attached hydrogen (secondary N) is 2. The first kappa shape index (κ1) is 18.0. The van der Waals surface area contributed by atoms with Crippen molar-refractivity contribution in [3.63, 3.8) is 0 Å². The Morgan fingerprint density at radius 3 is 2.31 bits per heavy atom.